The summed E-state index contributed by atoms with van der Waals surface area (Å²) in [5.74, 6) is 0. The highest BCUT2D eigenvalue weighted by atomic mass is 15.3. The quantitative estimate of drug-likeness (QED) is 0.674. The highest BCUT2D eigenvalue weighted by Crippen LogP contribution is 2.15. The molecule has 0 unspecified atom stereocenters. The van der Waals surface area contributed by atoms with E-state index < -0.39 is 0 Å². The Bertz CT molecular complexity index is 566. The molecule has 5 heteroatoms. The molecular weight excluding hydrogens is 190 g/mol. The highest BCUT2D eigenvalue weighted by Gasteiger charge is 2.04. The van der Waals surface area contributed by atoms with Gasteiger partial charge in [0.15, 0.2) is 0 Å². The fraction of sp³-hybridized carbons (Fsp3) is 0.100. The van der Waals surface area contributed by atoms with E-state index in [2.05, 4.69) is 20.3 Å². The van der Waals surface area contributed by atoms with Gasteiger partial charge in [-0.3, -0.25) is 5.10 Å². The SMILES string of the molecule is c1ccc2c(Cn3cncn3)[nH]nc2c1. The molecule has 0 bridgehead atoms. The minimum Gasteiger partial charge on any atom is -0.279 e. The van der Waals surface area contributed by atoms with Crippen molar-refractivity contribution in [3.63, 3.8) is 0 Å². The van der Waals surface area contributed by atoms with E-state index in [4.69, 9.17) is 0 Å². The first-order valence-corrected chi connectivity index (χ1v) is 4.68. The molecule has 0 aliphatic heterocycles. The summed E-state index contributed by atoms with van der Waals surface area (Å²) in [7, 11) is 0. The maximum Gasteiger partial charge on any atom is 0.137 e. The molecule has 0 aliphatic rings. The zero-order valence-corrected chi connectivity index (χ0v) is 7.96. The van der Waals surface area contributed by atoms with Crippen LogP contribution in [0.3, 0.4) is 0 Å². The van der Waals surface area contributed by atoms with Crippen LogP contribution in [0.4, 0.5) is 0 Å². The summed E-state index contributed by atoms with van der Waals surface area (Å²) in [4.78, 5) is 3.90. The lowest BCUT2D eigenvalue weighted by Gasteiger charge is -1.97. The molecule has 2 heterocycles. The summed E-state index contributed by atoms with van der Waals surface area (Å²) in [6, 6.07) is 8.01. The van der Waals surface area contributed by atoms with Crippen molar-refractivity contribution in [2.75, 3.05) is 0 Å². The summed E-state index contributed by atoms with van der Waals surface area (Å²) < 4.78 is 1.76. The summed E-state index contributed by atoms with van der Waals surface area (Å²) >= 11 is 0. The summed E-state index contributed by atoms with van der Waals surface area (Å²) in [5.41, 5.74) is 2.03. The molecule has 0 amide bonds. The molecule has 1 N–H and O–H groups in total. The average Bonchev–Trinajstić information content (AvgIpc) is 2.89. The maximum atomic E-state index is 4.21. The number of rotatable bonds is 2. The van der Waals surface area contributed by atoms with Crippen molar-refractivity contribution in [1.82, 2.24) is 25.0 Å². The fourth-order valence-corrected chi connectivity index (χ4v) is 1.61. The number of nitrogens with one attached hydrogen (secondary N) is 1. The van der Waals surface area contributed by atoms with Crippen LogP contribution in [0.5, 0.6) is 0 Å². The maximum absolute atomic E-state index is 4.21. The van der Waals surface area contributed by atoms with Gasteiger partial charge in [-0.15, -0.1) is 0 Å². The van der Waals surface area contributed by atoms with E-state index in [-0.39, 0.29) is 0 Å². The Morgan fingerprint density at radius 3 is 3.07 bits per heavy atom. The predicted octanol–water partition coefficient (Wildman–Crippen LogP) is 1.20. The van der Waals surface area contributed by atoms with Gasteiger partial charge in [0.1, 0.15) is 12.7 Å². The van der Waals surface area contributed by atoms with E-state index in [0.717, 1.165) is 16.6 Å². The first kappa shape index (κ1) is 8.16. The molecule has 0 saturated heterocycles. The molecule has 74 valence electrons. The van der Waals surface area contributed by atoms with Crippen LogP contribution in [0.15, 0.2) is 36.9 Å². The van der Waals surface area contributed by atoms with Crippen LogP contribution in [0, 0.1) is 0 Å². The minimum atomic E-state index is 0.667. The molecule has 2 aromatic heterocycles. The summed E-state index contributed by atoms with van der Waals surface area (Å²) in [5, 5.41) is 12.4. The molecule has 15 heavy (non-hydrogen) atoms. The van der Waals surface area contributed by atoms with Gasteiger partial charge < -0.3 is 0 Å². The third kappa shape index (κ3) is 1.38. The zero-order valence-electron chi connectivity index (χ0n) is 7.96. The first-order valence-electron chi connectivity index (χ1n) is 4.68. The number of H-pyrrole nitrogens is 1. The Kier molecular flexibility index (Phi) is 1.74. The lowest BCUT2D eigenvalue weighted by molar-refractivity contribution is 0.671. The van der Waals surface area contributed by atoms with Crippen LogP contribution in [0.2, 0.25) is 0 Å². The number of para-hydroxylation sites is 1. The van der Waals surface area contributed by atoms with Gasteiger partial charge in [0.25, 0.3) is 0 Å². The smallest absolute Gasteiger partial charge is 0.137 e. The van der Waals surface area contributed by atoms with E-state index in [1.54, 1.807) is 11.0 Å². The largest absolute Gasteiger partial charge is 0.279 e. The number of hydrogen-bond donors (Lipinski definition) is 1. The summed E-state index contributed by atoms with van der Waals surface area (Å²) in [6.07, 6.45) is 3.22. The Morgan fingerprint density at radius 1 is 1.27 bits per heavy atom. The normalized spacial score (nSPS) is 10.9. The Hall–Kier alpha value is -2.17. The molecule has 0 saturated carbocycles. The van der Waals surface area contributed by atoms with Crippen molar-refractivity contribution in [3.8, 4) is 0 Å². The van der Waals surface area contributed by atoms with Crippen LogP contribution in [0.1, 0.15) is 5.69 Å². The molecular formula is C10H9N5. The van der Waals surface area contributed by atoms with Crippen molar-refractivity contribution in [1.29, 1.82) is 0 Å². The van der Waals surface area contributed by atoms with Crippen LogP contribution in [-0.2, 0) is 6.54 Å². The number of aromatic amines is 1. The minimum absolute atomic E-state index is 0.667. The predicted molar refractivity (Wildman–Crippen MR) is 55.2 cm³/mol. The lowest BCUT2D eigenvalue weighted by atomic mass is 10.2. The molecule has 0 atom stereocenters. The lowest BCUT2D eigenvalue weighted by Crippen LogP contribution is -2.00. The number of aromatic nitrogens is 5. The molecule has 5 nitrogen and oxygen atoms in total. The summed E-state index contributed by atoms with van der Waals surface area (Å²) in [6.45, 7) is 0.667. The van der Waals surface area contributed by atoms with Crippen LogP contribution < -0.4 is 0 Å². The van der Waals surface area contributed by atoms with Crippen molar-refractivity contribution >= 4 is 10.9 Å². The second kappa shape index (κ2) is 3.20. The van der Waals surface area contributed by atoms with Crippen molar-refractivity contribution in [2.45, 2.75) is 6.54 Å². The fourth-order valence-electron chi connectivity index (χ4n) is 1.61. The molecule has 0 spiro atoms. The van der Waals surface area contributed by atoms with E-state index in [1.165, 1.54) is 6.33 Å². The van der Waals surface area contributed by atoms with E-state index in [0.29, 0.717) is 6.54 Å². The zero-order chi connectivity index (χ0) is 10.1. The number of fused-ring (bicyclic) bond motifs is 1. The van der Waals surface area contributed by atoms with Gasteiger partial charge in [0.2, 0.25) is 0 Å². The monoisotopic (exact) mass is 199 g/mol. The Balaban J connectivity index is 2.05. The number of hydrogen-bond acceptors (Lipinski definition) is 3. The Labute approximate surface area is 85.8 Å². The molecule has 0 radical (unpaired) electrons. The van der Waals surface area contributed by atoms with Gasteiger partial charge in [0.05, 0.1) is 17.8 Å². The first-order chi connectivity index (χ1) is 7.43. The number of nitrogens with zero attached hydrogens (tertiary/aromatic N) is 4. The van der Waals surface area contributed by atoms with E-state index in [1.807, 2.05) is 24.3 Å². The van der Waals surface area contributed by atoms with Gasteiger partial charge in [-0.1, -0.05) is 18.2 Å². The highest BCUT2D eigenvalue weighted by molar-refractivity contribution is 5.81. The molecule has 0 fully saturated rings. The Morgan fingerprint density at radius 2 is 2.20 bits per heavy atom. The molecule has 3 aromatic rings. The number of benzene rings is 1. The van der Waals surface area contributed by atoms with Crippen molar-refractivity contribution < 1.29 is 0 Å². The van der Waals surface area contributed by atoms with Gasteiger partial charge in [-0.05, 0) is 6.07 Å². The topological polar surface area (TPSA) is 59.4 Å². The average molecular weight is 199 g/mol. The van der Waals surface area contributed by atoms with Crippen molar-refractivity contribution in [3.05, 3.63) is 42.6 Å². The van der Waals surface area contributed by atoms with Crippen LogP contribution in [0.25, 0.3) is 10.9 Å². The van der Waals surface area contributed by atoms with Gasteiger partial charge in [-0.25, -0.2) is 9.67 Å². The van der Waals surface area contributed by atoms with Crippen LogP contribution in [-0.4, -0.2) is 25.0 Å². The van der Waals surface area contributed by atoms with E-state index >= 15 is 0 Å². The van der Waals surface area contributed by atoms with Crippen molar-refractivity contribution in [2.24, 2.45) is 0 Å². The van der Waals surface area contributed by atoms with Gasteiger partial charge in [0, 0.05) is 5.39 Å². The molecule has 3 rings (SSSR count). The second-order valence-corrected chi connectivity index (χ2v) is 3.31. The third-order valence-electron chi connectivity index (χ3n) is 2.33. The van der Waals surface area contributed by atoms with Crippen LogP contribution >= 0.6 is 0 Å². The third-order valence-corrected chi connectivity index (χ3v) is 2.33. The second-order valence-electron chi connectivity index (χ2n) is 3.31. The van der Waals surface area contributed by atoms with Gasteiger partial charge in [-0.2, -0.15) is 10.2 Å². The molecule has 1 aromatic carbocycles. The van der Waals surface area contributed by atoms with Gasteiger partial charge >= 0.3 is 0 Å². The standard InChI is InChI=1S/C10H9N5/c1-2-4-9-8(3-1)10(14-13-9)5-15-7-11-6-12-15/h1-4,6-7H,5H2,(H,13,14). The molecule has 0 aliphatic carbocycles. The van der Waals surface area contributed by atoms with E-state index in [9.17, 15) is 0 Å².